The maximum Gasteiger partial charge on any atom is 0.326 e. The molecule has 1 atom stereocenters. The van der Waals surface area contributed by atoms with Crippen LogP contribution in [0.3, 0.4) is 0 Å². The standard InChI is InChI=1S/C12H21NO3S/c1-8(2)11(12(15)16)13-10(14)7-9-3-5-17-6-4-9/h8-9,11H,3-7H2,1-2H3,(H,13,14)(H,15,16). The summed E-state index contributed by atoms with van der Waals surface area (Å²) in [5.41, 5.74) is 0. The van der Waals surface area contributed by atoms with E-state index in [1.807, 2.05) is 11.8 Å². The van der Waals surface area contributed by atoms with Crippen molar-refractivity contribution in [1.29, 1.82) is 0 Å². The predicted octanol–water partition coefficient (Wildman–Crippen LogP) is 1.75. The lowest BCUT2D eigenvalue weighted by Crippen LogP contribution is -2.44. The van der Waals surface area contributed by atoms with E-state index < -0.39 is 12.0 Å². The van der Waals surface area contributed by atoms with Crippen LogP contribution in [-0.2, 0) is 9.59 Å². The number of thioether (sulfide) groups is 1. The minimum atomic E-state index is -0.951. The molecule has 0 aromatic rings. The van der Waals surface area contributed by atoms with Gasteiger partial charge in [0.15, 0.2) is 0 Å². The monoisotopic (exact) mass is 259 g/mol. The van der Waals surface area contributed by atoms with Crippen molar-refractivity contribution in [3.63, 3.8) is 0 Å². The Balaban J connectivity index is 2.38. The number of carboxylic acids is 1. The normalized spacial score (nSPS) is 19.0. The van der Waals surface area contributed by atoms with E-state index in [-0.39, 0.29) is 11.8 Å². The van der Waals surface area contributed by atoms with Crippen LogP contribution in [0.15, 0.2) is 0 Å². The van der Waals surface area contributed by atoms with E-state index in [1.165, 1.54) is 0 Å². The Labute approximate surface area is 107 Å². The van der Waals surface area contributed by atoms with Crippen molar-refractivity contribution in [1.82, 2.24) is 5.32 Å². The highest BCUT2D eigenvalue weighted by molar-refractivity contribution is 7.99. The molecule has 1 rings (SSSR count). The van der Waals surface area contributed by atoms with Crippen LogP contribution in [0, 0.1) is 11.8 Å². The summed E-state index contributed by atoms with van der Waals surface area (Å²) in [7, 11) is 0. The molecule has 1 heterocycles. The van der Waals surface area contributed by atoms with Gasteiger partial charge in [0.2, 0.25) is 5.91 Å². The molecule has 2 N–H and O–H groups in total. The zero-order valence-corrected chi connectivity index (χ0v) is 11.3. The number of hydrogen-bond donors (Lipinski definition) is 2. The highest BCUT2D eigenvalue weighted by Gasteiger charge is 2.25. The van der Waals surface area contributed by atoms with Crippen molar-refractivity contribution in [2.75, 3.05) is 11.5 Å². The summed E-state index contributed by atoms with van der Waals surface area (Å²) in [6.45, 7) is 3.60. The van der Waals surface area contributed by atoms with E-state index in [0.717, 1.165) is 24.3 Å². The number of aliphatic carboxylic acids is 1. The average molecular weight is 259 g/mol. The van der Waals surface area contributed by atoms with Crippen LogP contribution in [-0.4, -0.2) is 34.5 Å². The fourth-order valence-corrected chi connectivity index (χ4v) is 3.16. The van der Waals surface area contributed by atoms with Gasteiger partial charge in [0.1, 0.15) is 6.04 Å². The van der Waals surface area contributed by atoms with Crippen LogP contribution in [0.4, 0.5) is 0 Å². The molecule has 17 heavy (non-hydrogen) atoms. The number of carbonyl (C=O) groups is 2. The van der Waals surface area contributed by atoms with Gasteiger partial charge >= 0.3 is 5.97 Å². The highest BCUT2D eigenvalue weighted by atomic mass is 32.2. The average Bonchev–Trinajstić information content (AvgIpc) is 2.26. The molecule has 1 amide bonds. The molecular formula is C12H21NO3S. The first kappa shape index (κ1) is 14.4. The molecule has 4 nitrogen and oxygen atoms in total. The Morgan fingerprint density at radius 3 is 2.41 bits per heavy atom. The van der Waals surface area contributed by atoms with Crippen molar-refractivity contribution < 1.29 is 14.7 Å². The number of carbonyl (C=O) groups excluding carboxylic acids is 1. The maximum atomic E-state index is 11.7. The van der Waals surface area contributed by atoms with Crippen LogP contribution in [0.25, 0.3) is 0 Å². The van der Waals surface area contributed by atoms with Gasteiger partial charge in [0.05, 0.1) is 0 Å². The second-order valence-corrected chi connectivity index (χ2v) is 6.11. The SMILES string of the molecule is CC(C)C(NC(=O)CC1CCSCC1)C(=O)O. The molecule has 5 heteroatoms. The summed E-state index contributed by atoms with van der Waals surface area (Å²) >= 11 is 1.92. The van der Waals surface area contributed by atoms with Gasteiger partial charge in [-0.05, 0) is 36.2 Å². The number of carboxylic acid groups (broad SMARTS) is 1. The molecule has 1 aliphatic rings. The van der Waals surface area contributed by atoms with E-state index in [4.69, 9.17) is 5.11 Å². The zero-order chi connectivity index (χ0) is 12.8. The first-order chi connectivity index (χ1) is 8.00. The lowest BCUT2D eigenvalue weighted by atomic mass is 9.97. The van der Waals surface area contributed by atoms with E-state index >= 15 is 0 Å². The Morgan fingerprint density at radius 1 is 1.35 bits per heavy atom. The Bertz CT molecular complexity index is 275. The largest absolute Gasteiger partial charge is 0.480 e. The zero-order valence-electron chi connectivity index (χ0n) is 10.4. The topological polar surface area (TPSA) is 66.4 Å². The third-order valence-corrected chi connectivity index (χ3v) is 4.11. The molecule has 1 saturated heterocycles. The minimum absolute atomic E-state index is 0.0849. The van der Waals surface area contributed by atoms with Gasteiger partial charge in [0.25, 0.3) is 0 Å². The van der Waals surface area contributed by atoms with Gasteiger partial charge < -0.3 is 10.4 Å². The summed E-state index contributed by atoms with van der Waals surface area (Å²) in [6, 6.07) is -0.763. The number of hydrogen-bond acceptors (Lipinski definition) is 3. The third-order valence-electron chi connectivity index (χ3n) is 3.06. The second-order valence-electron chi connectivity index (χ2n) is 4.89. The first-order valence-electron chi connectivity index (χ1n) is 6.10. The fourth-order valence-electron chi connectivity index (χ4n) is 1.96. The van der Waals surface area contributed by atoms with Crippen LogP contribution in [0.2, 0.25) is 0 Å². The maximum absolute atomic E-state index is 11.7. The quantitative estimate of drug-likeness (QED) is 0.789. The fraction of sp³-hybridized carbons (Fsp3) is 0.833. The molecule has 0 saturated carbocycles. The predicted molar refractivity (Wildman–Crippen MR) is 69.1 cm³/mol. The molecule has 98 valence electrons. The summed E-state index contributed by atoms with van der Waals surface area (Å²) < 4.78 is 0. The molecule has 0 aromatic carbocycles. The Morgan fingerprint density at radius 2 is 1.94 bits per heavy atom. The summed E-state index contributed by atoms with van der Waals surface area (Å²) in [4.78, 5) is 22.7. The van der Waals surface area contributed by atoms with Gasteiger partial charge in [0, 0.05) is 6.42 Å². The van der Waals surface area contributed by atoms with Gasteiger partial charge in [-0.3, -0.25) is 4.79 Å². The first-order valence-corrected chi connectivity index (χ1v) is 7.26. The van der Waals surface area contributed by atoms with Crippen molar-refractivity contribution in [3.8, 4) is 0 Å². The van der Waals surface area contributed by atoms with Crippen LogP contribution in [0.1, 0.15) is 33.1 Å². The van der Waals surface area contributed by atoms with E-state index in [9.17, 15) is 9.59 Å². The molecular weight excluding hydrogens is 238 g/mol. The Kier molecular flexibility index (Phi) is 5.82. The van der Waals surface area contributed by atoms with Gasteiger partial charge in [-0.2, -0.15) is 11.8 Å². The van der Waals surface area contributed by atoms with Gasteiger partial charge in [-0.25, -0.2) is 4.79 Å². The van der Waals surface area contributed by atoms with E-state index in [2.05, 4.69) is 5.32 Å². The second kappa shape index (κ2) is 6.89. The van der Waals surface area contributed by atoms with Crippen molar-refractivity contribution in [2.24, 2.45) is 11.8 Å². The molecule has 0 aliphatic carbocycles. The minimum Gasteiger partial charge on any atom is -0.480 e. The van der Waals surface area contributed by atoms with Crippen molar-refractivity contribution in [3.05, 3.63) is 0 Å². The molecule has 1 aliphatic heterocycles. The number of nitrogens with one attached hydrogen (secondary N) is 1. The third kappa shape index (κ3) is 4.98. The summed E-state index contributed by atoms with van der Waals surface area (Å²) in [5.74, 6) is 1.50. The van der Waals surface area contributed by atoms with Gasteiger partial charge in [-0.15, -0.1) is 0 Å². The Hall–Kier alpha value is -0.710. The van der Waals surface area contributed by atoms with Gasteiger partial charge in [-0.1, -0.05) is 13.8 Å². The van der Waals surface area contributed by atoms with Crippen molar-refractivity contribution in [2.45, 2.75) is 39.2 Å². The van der Waals surface area contributed by atoms with Crippen molar-refractivity contribution >= 4 is 23.6 Å². The molecule has 0 spiro atoms. The van der Waals surface area contributed by atoms with Crippen LogP contribution in [0.5, 0.6) is 0 Å². The lowest BCUT2D eigenvalue weighted by Gasteiger charge is -2.23. The molecule has 1 fully saturated rings. The summed E-state index contributed by atoms with van der Waals surface area (Å²) in [5, 5.41) is 11.6. The summed E-state index contributed by atoms with van der Waals surface area (Å²) in [6.07, 6.45) is 2.60. The highest BCUT2D eigenvalue weighted by Crippen LogP contribution is 2.25. The number of amides is 1. The smallest absolute Gasteiger partial charge is 0.326 e. The molecule has 1 unspecified atom stereocenters. The molecule has 0 radical (unpaired) electrons. The lowest BCUT2D eigenvalue weighted by molar-refractivity contribution is -0.143. The van der Waals surface area contributed by atoms with Crippen LogP contribution < -0.4 is 5.32 Å². The number of rotatable bonds is 5. The molecule has 0 aromatic heterocycles. The van der Waals surface area contributed by atoms with Crippen LogP contribution >= 0.6 is 11.8 Å². The van der Waals surface area contributed by atoms with E-state index in [1.54, 1.807) is 13.8 Å². The van der Waals surface area contributed by atoms with E-state index in [0.29, 0.717) is 12.3 Å². The molecule has 0 bridgehead atoms.